The van der Waals surface area contributed by atoms with Crippen LogP contribution in [0.3, 0.4) is 0 Å². The van der Waals surface area contributed by atoms with E-state index < -0.39 is 7.92 Å². The molecule has 2 aromatic heterocycles. The standard InChI is InChI=1S/C18H15P.C8H6N3.Os/c1-4-10-16(11-5-1)19(17-12-6-2-7-13-17)18-14-8-3-9-15-18;1-2-5-9-7(3-1)8-4-6-10-11-8;/h1-15H;1-6H;/q;-1;+1. The van der Waals surface area contributed by atoms with Crippen LogP contribution in [0, 0.1) is 0 Å². The summed E-state index contributed by atoms with van der Waals surface area (Å²) < 4.78 is 0. The van der Waals surface area contributed by atoms with Crippen molar-refractivity contribution in [3.8, 4) is 11.4 Å². The largest absolute Gasteiger partial charge is 1.00 e. The van der Waals surface area contributed by atoms with Gasteiger partial charge in [0.1, 0.15) is 0 Å². The molecule has 31 heavy (non-hydrogen) atoms. The molecule has 0 atom stereocenters. The van der Waals surface area contributed by atoms with E-state index in [0.717, 1.165) is 11.4 Å². The quantitative estimate of drug-likeness (QED) is 0.286. The van der Waals surface area contributed by atoms with E-state index in [4.69, 9.17) is 0 Å². The summed E-state index contributed by atoms with van der Waals surface area (Å²) in [6.45, 7) is 0. The van der Waals surface area contributed by atoms with E-state index in [0.29, 0.717) is 0 Å². The normalized spacial score (nSPS) is 9.97. The average molecular weight is 597 g/mol. The van der Waals surface area contributed by atoms with Gasteiger partial charge in [0.2, 0.25) is 0 Å². The molecular weight excluding hydrogens is 576 g/mol. The zero-order valence-corrected chi connectivity index (χ0v) is 20.2. The van der Waals surface area contributed by atoms with Crippen molar-refractivity contribution >= 4 is 23.8 Å². The Morgan fingerprint density at radius 1 is 0.516 bits per heavy atom. The van der Waals surface area contributed by atoms with Crippen LogP contribution < -0.4 is 21.0 Å². The van der Waals surface area contributed by atoms with Crippen LogP contribution in [-0.4, -0.2) is 10.1 Å². The molecule has 0 bridgehead atoms. The van der Waals surface area contributed by atoms with Gasteiger partial charge in [-0.25, -0.2) is 0 Å². The molecule has 5 heteroatoms. The third-order valence-corrected chi connectivity index (χ3v) is 6.88. The van der Waals surface area contributed by atoms with Crippen LogP contribution >= 0.6 is 7.92 Å². The van der Waals surface area contributed by atoms with Crippen LogP contribution in [0.4, 0.5) is 0 Å². The molecule has 3 aromatic carbocycles. The van der Waals surface area contributed by atoms with Crippen molar-refractivity contribution in [1.29, 1.82) is 0 Å². The summed E-state index contributed by atoms with van der Waals surface area (Å²) in [5.41, 5.74) is 1.69. The van der Waals surface area contributed by atoms with Crippen LogP contribution in [0.15, 0.2) is 128 Å². The number of benzene rings is 3. The fourth-order valence-corrected chi connectivity index (χ4v) is 5.37. The number of pyridine rings is 1. The van der Waals surface area contributed by atoms with Gasteiger partial charge < -0.3 is 10.2 Å². The van der Waals surface area contributed by atoms with Crippen LogP contribution in [-0.2, 0) is 19.8 Å². The average Bonchev–Trinajstić information content (AvgIpc) is 3.38. The minimum Gasteiger partial charge on any atom is -0.574 e. The monoisotopic (exact) mass is 598 g/mol. The molecule has 0 spiro atoms. The molecule has 153 valence electrons. The summed E-state index contributed by atoms with van der Waals surface area (Å²) in [5, 5.41) is 11.8. The van der Waals surface area contributed by atoms with Crippen LogP contribution in [0.5, 0.6) is 0 Å². The van der Waals surface area contributed by atoms with Crippen molar-refractivity contribution in [1.82, 2.24) is 15.2 Å². The summed E-state index contributed by atoms with van der Waals surface area (Å²) in [7, 11) is -0.446. The molecule has 5 rings (SSSR count). The minimum atomic E-state index is -0.446. The summed E-state index contributed by atoms with van der Waals surface area (Å²) in [4.78, 5) is 4.12. The van der Waals surface area contributed by atoms with Crippen molar-refractivity contribution in [2.45, 2.75) is 0 Å². The predicted molar refractivity (Wildman–Crippen MR) is 126 cm³/mol. The zero-order chi connectivity index (χ0) is 20.4. The van der Waals surface area contributed by atoms with Crippen molar-refractivity contribution in [3.63, 3.8) is 0 Å². The Morgan fingerprint density at radius 3 is 1.39 bits per heavy atom. The van der Waals surface area contributed by atoms with E-state index in [2.05, 4.69) is 106 Å². The van der Waals surface area contributed by atoms with Gasteiger partial charge in [0.15, 0.2) is 0 Å². The van der Waals surface area contributed by atoms with Gasteiger partial charge in [-0.3, -0.25) is 4.98 Å². The maximum Gasteiger partial charge on any atom is 1.00 e. The Morgan fingerprint density at radius 2 is 1.00 bits per heavy atom. The van der Waals surface area contributed by atoms with Gasteiger partial charge in [-0.1, -0.05) is 109 Å². The van der Waals surface area contributed by atoms with Crippen LogP contribution in [0.2, 0.25) is 0 Å². The molecule has 0 saturated heterocycles. The van der Waals surface area contributed by atoms with Crippen molar-refractivity contribution in [3.05, 3.63) is 128 Å². The number of hydrogen-bond acceptors (Lipinski definition) is 2. The maximum absolute atomic E-state index is 4.12. The van der Waals surface area contributed by atoms with E-state index in [1.807, 2.05) is 24.3 Å². The van der Waals surface area contributed by atoms with E-state index >= 15 is 0 Å². The second kappa shape index (κ2) is 12.1. The molecule has 2 heterocycles. The first-order valence-electron chi connectivity index (χ1n) is 9.73. The molecule has 3 nitrogen and oxygen atoms in total. The molecule has 0 aliphatic carbocycles. The second-order valence-corrected chi connectivity index (χ2v) is 8.69. The van der Waals surface area contributed by atoms with Gasteiger partial charge in [0, 0.05) is 18.1 Å². The molecule has 0 saturated carbocycles. The van der Waals surface area contributed by atoms with Gasteiger partial charge >= 0.3 is 19.8 Å². The van der Waals surface area contributed by atoms with E-state index in [1.54, 1.807) is 12.4 Å². The topological polar surface area (TPSA) is 39.9 Å². The summed E-state index contributed by atoms with van der Waals surface area (Å²) in [6, 6.07) is 39.9. The summed E-state index contributed by atoms with van der Waals surface area (Å²) >= 11 is 0. The molecule has 0 aliphatic heterocycles. The Balaban J connectivity index is 0.000000194. The molecule has 0 aliphatic rings. The number of hydrogen-bond donors (Lipinski definition) is 0. The number of rotatable bonds is 4. The van der Waals surface area contributed by atoms with Gasteiger partial charge in [0.05, 0.1) is 0 Å². The van der Waals surface area contributed by atoms with E-state index in [-0.39, 0.29) is 19.8 Å². The molecule has 5 aromatic rings. The molecule has 0 amide bonds. The summed E-state index contributed by atoms with van der Waals surface area (Å²) in [6.07, 6.45) is 3.40. The second-order valence-electron chi connectivity index (χ2n) is 6.47. The fourth-order valence-electron chi connectivity index (χ4n) is 3.06. The predicted octanol–water partition coefficient (Wildman–Crippen LogP) is 4.54. The van der Waals surface area contributed by atoms with Crippen molar-refractivity contribution in [2.75, 3.05) is 0 Å². The Labute approximate surface area is 197 Å². The molecular formula is C26H21N3OsP. The number of aromatic nitrogens is 3. The van der Waals surface area contributed by atoms with Crippen LogP contribution in [0.25, 0.3) is 11.4 Å². The molecule has 0 fully saturated rings. The Hall–Kier alpha value is -2.91. The van der Waals surface area contributed by atoms with Crippen LogP contribution in [0.1, 0.15) is 0 Å². The molecule has 0 N–H and O–H groups in total. The van der Waals surface area contributed by atoms with E-state index in [9.17, 15) is 0 Å². The minimum absolute atomic E-state index is 0. The van der Waals surface area contributed by atoms with Gasteiger partial charge in [-0.05, 0) is 36.0 Å². The fraction of sp³-hybridized carbons (Fsp3) is 0. The third kappa shape index (κ3) is 6.28. The van der Waals surface area contributed by atoms with Crippen molar-refractivity contribution < 1.29 is 19.8 Å². The first kappa shape index (κ1) is 22.8. The molecule has 1 radical (unpaired) electrons. The third-order valence-electron chi connectivity index (χ3n) is 4.44. The zero-order valence-electron chi connectivity index (χ0n) is 16.8. The Bertz CT molecular complexity index is 1030. The molecule has 0 unspecified atom stereocenters. The number of nitrogens with zero attached hydrogens (tertiary/aromatic N) is 3. The van der Waals surface area contributed by atoms with Gasteiger partial charge in [-0.2, -0.15) is 0 Å². The smallest absolute Gasteiger partial charge is 0.574 e. The van der Waals surface area contributed by atoms with Crippen molar-refractivity contribution in [2.24, 2.45) is 0 Å². The first-order chi connectivity index (χ1) is 14.9. The van der Waals surface area contributed by atoms with Gasteiger partial charge in [0.25, 0.3) is 0 Å². The Kier molecular flexibility index (Phi) is 8.86. The van der Waals surface area contributed by atoms with E-state index in [1.165, 1.54) is 15.9 Å². The summed E-state index contributed by atoms with van der Waals surface area (Å²) in [5.74, 6) is 0. The SMILES string of the molecule is [Os+].c1ccc(-c2ccn[n-]2)nc1.c1ccc(P(c2ccccc2)c2ccccc2)cc1. The van der Waals surface area contributed by atoms with Gasteiger partial charge in [-0.15, -0.1) is 0 Å². The maximum atomic E-state index is 4.12. The first-order valence-corrected chi connectivity index (χ1v) is 11.1.